The lowest BCUT2D eigenvalue weighted by Crippen LogP contribution is -2.47. The predicted molar refractivity (Wildman–Crippen MR) is 98.8 cm³/mol. The maximum absolute atomic E-state index is 12.9. The number of carbonyl (C=O) groups is 1. The second-order valence-corrected chi connectivity index (χ2v) is 9.27. The molecule has 3 rings (SSSR count). The van der Waals surface area contributed by atoms with Crippen LogP contribution >= 0.6 is 15.9 Å². The lowest BCUT2D eigenvalue weighted by Gasteiger charge is -2.39. The van der Waals surface area contributed by atoms with Crippen molar-refractivity contribution >= 4 is 21.8 Å². The van der Waals surface area contributed by atoms with Gasteiger partial charge in [0.2, 0.25) is 0 Å². The number of benzene rings is 1. The molecule has 0 heterocycles. The molecule has 2 aliphatic rings. The average molecular weight is 378 g/mol. The lowest BCUT2D eigenvalue weighted by molar-refractivity contribution is 0.0825. The maximum atomic E-state index is 12.9. The molecule has 0 saturated heterocycles. The van der Waals surface area contributed by atoms with Crippen LogP contribution in [0.1, 0.15) is 67.1 Å². The summed E-state index contributed by atoms with van der Waals surface area (Å²) in [6.07, 6.45) is 3.66. The van der Waals surface area contributed by atoms with E-state index in [9.17, 15) is 4.79 Å². The zero-order valence-electron chi connectivity index (χ0n) is 15.1. The van der Waals surface area contributed by atoms with E-state index >= 15 is 0 Å². The highest BCUT2D eigenvalue weighted by Crippen LogP contribution is 2.65. The second kappa shape index (κ2) is 5.34. The van der Waals surface area contributed by atoms with Crippen LogP contribution in [0.2, 0.25) is 0 Å². The summed E-state index contributed by atoms with van der Waals surface area (Å²) in [5.41, 5.74) is 4.86. The third kappa shape index (κ3) is 2.30. The summed E-state index contributed by atoms with van der Waals surface area (Å²) in [5.74, 6) is 0.825. The molecule has 0 aliphatic heterocycles. The van der Waals surface area contributed by atoms with Crippen LogP contribution in [0.4, 0.5) is 0 Å². The molecule has 3 atom stereocenters. The first-order chi connectivity index (χ1) is 10.6. The minimum atomic E-state index is 0.0841. The number of nitrogens with one attached hydrogen (secondary N) is 1. The van der Waals surface area contributed by atoms with Crippen molar-refractivity contribution in [3.05, 3.63) is 32.8 Å². The molecule has 0 aromatic heterocycles. The van der Waals surface area contributed by atoms with Gasteiger partial charge in [0, 0.05) is 16.1 Å². The number of carbonyl (C=O) groups excluding carboxylic acids is 1. The van der Waals surface area contributed by atoms with E-state index in [0.29, 0.717) is 11.5 Å². The molecule has 1 N–H and O–H groups in total. The van der Waals surface area contributed by atoms with Gasteiger partial charge in [0.1, 0.15) is 0 Å². The van der Waals surface area contributed by atoms with E-state index < -0.39 is 0 Å². The predicted octanol–water partition coefficient (Wildman–Crippen LogP) is 5.32. The Morgan fingerprint density at radius 1 is 1.17 bits per heavy atom. The Bertz CT molecular complexity index is 679. The fourth-order valence-corrected chi connectivity index (χ4v) is 5.43. The molecule has 23 heavy (non-hydrogen) atoms. The van der Waals surface area contributed by atoms with Crippen molar-refractivity contribution in [3.63, 3.8) is 0 Å². The molecular weight excluding hydrogens is 350 g/mol. The van der Waals surface area contributed by atoms with E-state index in [-0.39, 0.29) is 11.3 Å². The summed E-state index contributed by atoms with van der Waals surface area (Å²) in [6.45, 7) is 13.4. The van der Waals surface area contributed by atoms with Crippen LogP contribution in [0.15, 0.2) is 10.5 Å². The number of rotatable bonds is 2. The van der Waals surface area contributed by atoms with Gasteiger partial charge < -0.3 is 5.32 Å². The fraction of sp³-hybridized carbons (Fsp3) is 0.650. The number of halogens is 1. The zero-order valence-corrected chi connectivity index (χ0v) is 16.7. The molecule has 2 aliphatic carbocycles. The first kappa shape index (κ1) is 17.0. The van der Waals surface area contributed by atoms with Gasteiger partial charge in [-0.15, -0.1) is 0 Å². The van der Waals surface area contributed by atoms with Crippen LogP contribution in [0.3, 0.4) is 0 Å². The van der Waals surface area contributed by atoms with Crippen molar-refractivity contribution < 1.29 is 4.79 Å². The summed E-state index contributed by atoms with van der Waals surface area (Å²) in [5, 5.41) is 3.38. The maximum Gasteiger partial charge on any atom is 0.251 e. The quantitative estimate of drug-likeness (QED) is 0.742. The summed E-state index contributed by atoms with van der Waals surface area (Å²) >= 11 is 3.59. The van der Waals surface area contributed by atoms with Crippen molar-refractivity contribution in [3.8, 4) is 0 Å². The van der Waals surface area contributed by atoms with Crippen molar-refractivity contribution in [1.29, 1.82) is 0 Å². The van der Waals surface area contributed by atoms with E-state index in [4.69, 9.17) is 0 Å². The molecule has 126 valence electrons. The van der Waals surface area contributed by atoms with Crippen molar-refractivity contribution in [2.75, 3.05) is 0 Å². The van der Waals surface area contributed by atoms with E-state index in [0.717, 1.165) is 27.9 Å². The minimum Gasteiger partial charge on any atom is -0.349 e. The molecular formula is C20H28BrNO. The summed E-state index contributed by atoms with van der Waals surface area (Å²) in [7, 11) is 0. The Morgan fingerprint density at radius 3 is 2.35 bits per heavy atom. The van der Waals surface area contributed by atoms with Gasteiger partial charge in [-0.05, 0) is 79.5 Å². The Labute approximate surface area is 148 Å². The Morgan fingerprint density at radius 2 is 1.83 bits per heavy atom. The van der Waals surface area contributed by atoms with Crippen molar-refractivity contribution in [2.45, 2.75) is 66.8 Å². The Balaban J connectivity index is 1.87. The Hall–Kier alpha value is -0.830. The number of hydrogen-bond acceptors (Lipinski definition) is 1. The number of hydrogen-bond donors (Lipinski definition) is 1. The lowest BCUT2D eigenvalue weighted by atomic mass is 9.69. The van der Waals surface area contributed by atoms with E-state index in [1.807, 2.05) is 6.07 Å². The van der Waals surface area contributed by atoms with Gasteiger partial charge in [0.05, 0.1) is 0 Å². The molecule has 0 radical (unpaired) electrons. The smallest absolute Gasteiger partial charge is 0.251 e. The second-order valence-electron chi connectivity index (χ2n) is 8.42. The molecule has 2 fully saturated rings. The van der Waals surface area contributed by atoms with Gasteiger partial charge in [0.25, 0.3) is 5.91 Å². The SMILES string of the molecule is Cc1c(Br)cc(C(=O)N[C@H]2C[C@@H]3CC[C@@]2(C)C3(C)C)c(C)c1C. The first-order valence-electron chi connectivity index (χ1n) is 8.66. The third-order valence-electron chi connectivity index (χ3n) is 7.50. The molecule has 3 heteroatoms. The topological polar surface area (TPSA) is 29.1 Å². The van der Waals surface area contributed by atoms with Gasteiger partial charge in [-0.1, -0.05) is 36.7 Å². The fourth-order valence-electron chi connectivity index (χ4n) is 4.90. The molecule has 1 aromatic rings. The van der Waals surface area contributed by atoms with Crippen LogP contribution in [0.25, 0.3) is 0 Å². The van der Waals surface area contributed by atoms with Gasteiger partial charge in [0.15, 0.2) is 0 Å². The standard InChI is InChI=1S/C20H28BrNO/c1-11-12(2)15(10-16(21)13(11)3)18(23)22-17-9-14-7-8-20(17,6)19(14,4)5/h10,14,17H,7-9H2,1-6H3,(H,22,23)/t14-,17-,20+/m0/s1. The van der Waals surface area contributed by atoms with Gasteiger partial charge in [-0.2, -0.15) is 0 Å². The number of amides is 1. The summed E-state index contributed by atoms with van der Waals surface area (Å²) < 4.78 is 1.02. The summed E-state index contributed by atoms with van der Waals surface area (Å²) in [6, 6.07) is 2.27. The number of fused-ring (bicyclic) bond motifs is 2. The molecule has 2 saturated carbocycles. The summed E-state index contributed by atoms with van der Waals surface area (Å²) in [4.78, 5) is 12.9. The van der Waals surface area contributed by atoms with Crippen LogP contribution < -0.4 is 5.32 Å². The normalized spacial score (nSPS) is 31.4. The molecule has 0 unspecified atom stereocenters. The van der Waals surface area contributed by atoms with E-state index in [2.05, 4.69) is 62.8 Å². The molecule has 1 aromatic carbocycles. The van der Waals surface area contributed by atoms with Crippen molar-refractivity contribution in [1.82, 2.24) is 5.32 Å². The first-order valence-corrected chi connectivity index (χ1v) is 9.46. The Kier molecular flexibility index (Phi) is 3.95. The third-order valence-corrected chi connectivity index (χ3v) is 8.33. The van der Waals surface area contributed by atoms with Crippen LogP contribution in [0.5, 0.6) is 0 Å². The van der Waals surface area contributed by atoms with E-state index in [1.54, 1.807) is 0 Å². The van der Waals surface area contributed by atoms with Gasteiger partial charge in [-0.25, -0.2) is 0 Å². The average Bonchev–Trinajstić information content (AvgIpc) is 2.82. The molecule has 2 nitrogen and oxygen atoms in total. The van der Waals surface area contributed by atoms with E-state index in [1.165, 1.54) is 24.0 Å². The van der Waals surface area contributed by atoms with Gasteiger partial charge in [-0.3, -0.25) is 4.79 Å². The highest BCUT2D eigenvalue weighted by molar-refractivity contribution is 9.10. The zero-order chi connectivity index (χ0) is 17.2. The van der Waals surface area contributed by atoms with Crippen LogP contribution in [0, 0.1) is 37.5 Å². The van der Waals surface area contributed by atoms with Crippen LogP contribution in [-0.4, -0.2) is 11.9 Å². The van der Waals surface area contributed by atoms with Crippen LogP contribution in [-0.2, 0) is 0 Å². The van der Waals surface area contributed by atoms with Gasteiger partial charge >= 0.3 is 0 Å². The molecule has 0 spiro atoms. The monoisotopic (exact) mass is 377 g/mol. The highest BCUT2D eigenvalue weighted by atomic mass is 79.9. The molecule has 1 amide bonds. The minimum absolute atomic E-state index is 0.0841. The van der Waals surface area contributed by atoms with Crippen molar-refractivity contribution in [2.24, 2.45) is 16.7 Å². The molecule has 2 bridgehead atoms. The highest BCUT2D eigenvalue weighted by Gasteiger charge is 2.61. The largest absolute Gasteiger partial charge is 0.349 e.